The predicted octanol–water partition coefficient (Wildman–Crippen LogP) is 4.84. The fourth-order valence-corrected chi connectivity index (χ4v) is 3.66. The van der Waals surface area contributed by atoms with Crippen molar-refractivity contribution in [2.24, 2.45) is 0 Å². The molecular weight excluding hydrogens is 402 g/mol. The third kappa shape index (κ3) is 3.55. The van der Waals surface area contributed by atoms with Crippen LogP contribution >= 0.6 is 22.9 Å². The van der Waals surface area contributed by atoms with Gasteiger partial charge in [-0.05, 0) is 36.8 Å². The van der Waals surface area contributed by atoms with Gasteiger partial charge in [0.2, 0.25) is 11.6 Å². The first-order chi connectivity index (χ1) is 13.5. The van der Waals surface area contributed by atoms with Gasteiger partial charge in [0.25, 0.3) is 0 Å². The van der Waals surface area contributed by atoms with Crippen LogP contribution in [0, 0.1) is 17.0 Å². The number of thiazole rings is 1. The first-order valence-electron chi connectivity index (χ1n) is 8.02. The molecule has 0 saturated carbocycles. The van der Waals surface area contributed by atoms with E-state index in [1.165, 1.54) is 23.9 Å². The fraction of sp³-hybridized carbons (Fsp3) is 0.0588. The van der Waals surface area contributed by atoms with E-state index in [0.29, 0.717) is 10.8 Å². The molecule has 0 unspecified atom stereocenters. The smallest absolute Gasteiger partial charge is 0.332 e. The van der Waals surface area contributed by atoms with E-state index in [0.717, 1.165) is 15.8 Å². The second-order valence-electron chi connectivity index (χ2n) is 5.76. The normalized spacial score (nSPS) is 10.8. The summed E-state index contributed by atoms with van der Waals surface area (Å²) in [7, 11) is 0. The molecule has 140 valence electrons. The summed E-state index contributed by atoms with van der Waals surface area (Å²) in [4.78, 5) is 27.5. The third-order valence-corrected chi connectivity index (χ3v) is 5.02. The Hall–Kier alpha value is -3.37. The molecule has 4 rings (SSSR count). The molecule has 0 radical (unpaired) electrons. The number of aryl methyl sites for hydroxylation is 1. The predicted molar refractivity (Wildman–Crippen MR) is 109 cm³/mol. The number of aromatic nitrogens is 4. The lowest BCUT2D eigenvalue weighted by Gasteiger charge is -2.09. The highest BCUT2D eigenvalue weighted by Crippen LogP contribution is 2.36. The van der Waals surface area contributed by atoms with Crippen LogP contribution in [-0.4, -0.2) is 24.9 Å². The number of fused-ring (bicyclic) bond motifs is 1. The van der Waals surface area contributed by atoms with Crippen molar-refractivity contribution in [2.45, 2.75) is 6.92 Å². The quantitative estimate of drug-likeness (QED) is 0.271. The molecule has 11 heteroatoms. The maximum absolute atomic E-state index is 11.7. The molecule has 3 heterocycles. The Balaban J connectivity index is 1.72. The Labute approximate surface area is 167 Å². The van der Waals surface area contributed by atoms with Crippen molar-refractivity contribution >= 4 is 61.3 Å². The van der Waals surface area contributed by atoms with E-state index in [9.17, 15) is 10.1 Å². The van der Waals surface area contributed by atoms with Gasteiger partial charge in [0, 0.05) is 6.20 Å². The van der Waals surface area contributed by atoms with Gasteiger partial charge >= 0.3 is 5.69 Å². The lowest BCUT2D eigenvalue weighted by Crippen LogP contribution is -2.05. The minimum absolute atomic E-state index is 0.00523. The summed E-state index contributed by atoms with van der Waals surface area (Å²) in [5.41, 5.74) is 1.98. The van der Waals surface area contributed by atoms with E-state index in [-0.39, 0.29) is 22.5 Å². The first kappa shape index (κ1) is 18.0. The summed E-state index contributed by atoms with van der Waals surface area (Å²) in [6.07, 6.45) is 2.74. The van der Waals surface area contributed by atoms with Gasteiger partial charge in [0.15, 0.2) is 10.3 Å². The van der Waals surface area contributed by atoms with Gasteiger partial charge in [-0.3, -0.25) is 10.1 Å². The third-order valence-electron chi connectivity index (χ3n) is 3.79. The molecule has 9 nitrogen and oxygen atoms in total. The Bertz CT molecular complexity index is 1200. The Morgan fingerprint density at radius 3 is 2.68 bits per heavy atom. The van der Waals surface area contributed by atoms with E-state index in [2.05, 4.69) is 30.6 Å². The SMILES string of the molecule is Cc1ccc2nc(Nc3ncnc(Nc4cccnc4Cl)c3[N+](=O)[O-])sc2c1. The van der Waals surface area contributed by atoms with E-state index in [1.54, 1.807) is 12.1 Å². The molecule has 0 bridgehead atoms. The zero-order valence-corrected chi connectivity index (χ0v) is 16.0. The molecule has 3 aromatic heterocycles. The van der Waals surface area contributed by atoms with Crippen LogP contribution in [0.15, 0.2) is 42.9 Å². The molecule has 2 N–H and O–H groups in total. The monoisotopic (exact) mass is 413 g/mol. The number of pyridine rings is 1. The van der Waals surface area contributed by atoms with Crippen molar-refractivity contribution in [3.05, 3.63) is 63.7 Å². The fourth-order valence-electron chi connectivity index (χ4n) is 2.53. The molecule has 0 fully saturated rings. The molecule has 0 aliphatic heterocycles. The number of nitrogens with zero attached hydrogens (tertiary/aromatic N) is 5. The summed E-state index contributed by atoms with van der Waals surface area (Å²) >= 11 is 7.40. The highest BCUT2D eigenvalue weighted by Gasteiger charge is 2.24. The number of hydrogen-bond donors (Lipinski definition) is 2. The number of anilines is 4. The van der Waals surface area contributed by atoms with Crippen molar-refractivity contribution in [3.63, 3.8) is 0 Å². The van der Waals surface area contributed by atoms with Gasteiger partial charge in [0.05, 0.1) is 20.8 Å². The van der Waals surface area contributed by atoms with Gasteiger partial charge in [-0.25, -0.2) is 19.9 Å². The van der Waals surface area contributed by atoms with Gasteiger partial charge in [-0.1, -0.05) is 29.0 Å². The minimum Gasteiger partial charge on any atom is -0.332 e. The van der Waals surface area contributed by atoms with Gasteiger partial charge in [-0.15, -0.1) is 0 Å². The van der Waals surface area contributed by atoms with E-state index >= 15 is 0 Å². The lowest BCUT2D eigenvalue weighted by molar-refractivity contribution is -0.383. The first-order valence-corrected chi connectivity index (χ1v) is 9.22. The number of nitrogens with one attached hydrogen (secondary N) is 2. The molecule has 0 spiro atoms. The largest absolute Gasteiger partial charge is 0.353 e. The van der Waals surface area contributed by atoms with Crippen molar-refractivity contribution in [2.75, 3.05) is 10.6 Å². The molecule has 0 amide bonds. The highest BCUT2D eigenvalue weighted by atomic mass is 35.5. The van der Waals surface area contributed by atoms with Gasteiger partial charge in [-0.2, -0.15) is 0 Å². The minimum atomic E-state index is -0.563. The maximum Gasteiger partial charge on any atom is 0.353 e. The number of hydrogen-bond acceptors (Lipinski definition) is 9. The zero-order chi connectivity index (χ0) is 19.7. The van der Waals surface area contributed by atoms with E-state index < -0.39 is 4.92 Å². The number of rotatable bonds is 5. The van der Waals surface area contributed by atoms with Crippen LogP contribution in [0.25, 0.3) is 10.2 Å². The highest BCUT2D eigenvalue weighted by molar-refractivity contribution is 7.22. The van der Waals surface area contributed by atoms with Crippen molar-refractivity contribution in [3.8, 4) is 0 Å². The van der Waals surface area contributed by atoms with Crippen LogP contribution in [0.3, 0.4) is 0 Å². The maximum atomic E-state index is 11.7. The van der Waals surface area contributed by atoms with Crippen LogP contribution in [0.5, 0.6) is 0 Å². The molecule has 1 aromatic carbocycles. The molecule has 0 aliphatic rings. The Morgan fingerprint density at radius 1 is 1.14 bits per heavy atom. The van der Waals surface area contributed by atoms with E-state index in [4.69, 9.17) is 11.6 Å². The van der Waals surface area contributed by atoms with Crippen LogP contribution in [0.4, 0.5) is 28.1 Å². The summed E-state index contributed by atoms with van der Waals surface area (Å²) < 4.78 is 0.972. The Morgan fingerprint density at radius 2 is 1.93 bits per heavy atom. The van der Waals surface area contributed by atoms with Crippen LogP contribution < -0.4 is 10.6 Å². The second kappa shape index (κ2) is 7.33. The summed E-state index contributed by atoms with van der Waals surface area (Å²) in [5.74, 6) is 0.0210. The van der Waals surface area contributed by atoms with E-state index in [1.807, 2.05) is 25.1 Å². The van der Waals surface area contributed by atoms with Crippen molar-refractivity contribution in [1.29, 1.82) is 0 Å². The molecule has 28 heavy (non-hydrogen) atoms. The van der Waals surface area contributed by atoms with Crippen LogP contribution in [0.1, 0.15) is 5.56 Å². The average molecular weight is 414 g/mol. The standard InChI is InChI=1S/C17H12ClN7O2S/c1-9-4-5-10-12(7-9)28-17(23-10)24-16-13(25(26)27)15(20-8-21-16)22-11-3-2-6-19-14(11)18/h2-8H,1H3,(H2,20,21,22,23,24). The number of benzene rings is 1. The Kier molecular flexibility index (Phi) is 4.72. The molecule has 0 atom stereocenters. The van der Waals surface area contributed by atoms with Crippen LogP contribution in [-0.2, 0) is 0 Å². The topological polar surface area (TPSA) is 119 Å². The second-order valence-corrected chi connectivity index (χ2v) is 7.15. The number of halogens is 1. The average Bonchev–Trinajstić information content (AvgIpc) is 3.05. The zero-order valence-electron chi connectivity index (χ0n) is 14.4. The summed E-state index contributed by atoms with van der Waals surface area (Å²) in [6, 6.07) is 9.16. The van der Waals surface area contributed by atoms with Crippen molar-refractivity contribution in [1.82, 2.24) is 19.9 Å². The van der Waals surface area contributed by atoms with Crippen molar-refractivity contribution < 1.29 is 4.92 Å². The molecular formula is C17H12ClN7O2S. The molecule has 4 aromatic rings. The summed E-state index contributed by atoms with van der Waals surface area (Å²) in [5, 5.41) is 18.1. The number of nitro groups is 1. The molecule has 0 aliphatic carbocycles. The van der Waals surface area contributed by atoms with Gasteiger partial charge in [0.1, 0.15) is 6.33 Å². The van der Waals surface area contributed by atoms with Gasteiger partial charge < -0.3 is 10.6 Å². The van der Waals surface area contributed by atoms with Crippen LogP contribution in [0.2, 0.25) is 5.15 Å². The molecule has 0 saturated heterocycles. The summed E-state index contributed by atoms with van der Waals surface area (Å²) in [6.45, 7) is 1.99. The lowest BCUT2D eigenvalue weighted by atomic mass is 10.2.